The molecule has 0 heterocycles. The maximum absolute atomic E-state index is 5.39. The van der Waals surface area contributed by atoms with Crippen LogP contribution >= 0.6 is 0 Å². The minimum absolute atomic E-state index is 0.777. The van der Waals surface area contributed by atoms with Crippen LogP contribution in [0.2, 0.25) is 0 Å². The first-order valence-electron chi connectivity index (χ1n) is 4.81. The first kappa shape index (κ1) is 7.56. The van der Waals surface area contributed by atoms with Gasteiger partial charge in [-0.1, -0.05) is 0 Å². The molecule has 3 N–H and O–H groups in total. The minimum atomic E-state index is 0.777. The molecule has 0 aromatic rings. The molecule has 0 aliphatic heterocycles. The van der Waals surface area contributed by atoms with Crippen LogP contribution in [0.15, 0.2) is 0 Å². The Morgan fingerprint density at radius 2 is 1.91 bits per heavy atom. The molecule has 0 amide bonds. The molecular weight excluding hydrogens is 136 g/mol. The smallest absolute Gasteiger partial charge is 0.00746 e. The molecule has 11 heavy (non-hydrogen) atoms. The summed E-state index contributed by atoms with van der Waals surface area (Å²) < 4.78 is 0. The summed E-state index contributed by atoms with van der Waals surface area (Å²) in [6, 6.07) is 0. The molecule has 2 unspecified atom stereocenters. The van der Waals surface area contributed by atoms with Crippen molar-refractivity contribution in [3.8, 4) is 0 Å². The molecule has 2 saturated carbocycles. The quantitative estimate of drug-likeness (QED) is 0.581. The van der Waals surface area contributed by atoms with Crippen LogP contribution < -0.4 is 11.1 Å². The van der Waals surface area contributed by atoms with E-state index in [4.69, 9.17) is 5.73 Å². The van der Waals surface area contributed by atoms with E-state index in [1.165, 1.54) is 25.8 Å². The summed E-state index contributed by atoms with van der Waals surface area (Å²) in [6.45, 7) is 2.98. The number of rotatable bonds is 4. The van der Waals surface area contributed by atoms with Crippen LogP contribution in [0.3, 0.4) is 0 Å². The number of nitrogens with two attached hydrogens (primary N) is 1. The molecule has 2 fully saturated rings. The highest BCUT2D eigenvalue weighted by atomic mass is 14.9. The van der Waals surface area contributed by atoms with Gasteiger partial charge in [-0.05, 0) is 43.6 Å². The van der Waals surface area contributed by atoms with Crippen molar-refractivity contribution < 1.29 is 0 Å². The largest absolute Gasteiger partial charge is 0.329 e. The predicted octanol–water partition coefficient (Wildman–Crippen LogP) is 0.581. The number of fused-ring (bicyclic) bond motifs is 1. The number of hydrogen-bond donors (Lipinski definition) is 2. The Morgan fingerprint density at radius 1 is 1.18 bits per heavy atom. The summed E-state index contributed by atoms with van der Waals surface area (Å²) in [5.74, 6) is 3.23. The van der Waals surface area contributed by atoms with Gasteiger partial charge in [0.25, 0.3) is 0 Å². The monoisotopic (exact) mass is 154 g/mol. The molecule has 0 saturated heterocycles. The first-order valence-corrected chi connectivity index (χ1v) is 4.81. The van der Waals surface area contributed by atoms with Crippen molar-refractivity contribution in [3.05, 3.63) is 0 Å². The van der Waals surface area contributed by atoms with Crippen molar-refractivity contribution in [2.45, 2.75) is 19.3 Å². The van der Waals surface area contributed by atoms with Gasteiger partial charge in [-0.2, -0.15) is 0 Å². The Balaban J connectivity index is 1.57. The van der Waals surface area contributed by atoms with Gasteiger partial charge in [-0.3, -0.25) is 0 Å². The summed E-state index contributed by atoms with van der Waals surface area (Å²) in [5.41, 5.74) is 5.39. The fourth-order valence-corrected chi connectivity index (χ4v) is 2.42. The SMILES string of the molecule is NCCNCC1CC2CC2C1. The van der Waals surface area contributed by atoms with E-state index in [-0.39, 0.29) is 0 Å². The van der Waals surface area contributed by atoms with Crippen LogP contribution in [0.25, 0.3) is 0 Å². The van der Waals surface area contributed by atoms with E-state index in [9.17, 15) is 0 Å². The van der Waals surface area contributed by atoms with Crippen molar-refractivity contribution in [1.82, 2.24) is 5.32 Å². The van der Waals surface area contributed by atoms with Crippen LogP contribution in [-0.4, -0.2) is 19.6 Å². The Bertz CT molecular complexity index is 126. The third-order valence-corrected chi connectivity index (χ3v) is 3.10. The molecule has 2 nitrogen and oxygen atoms in total. The van der Waals surface area contributed by atoms with Crippen molar-refractivity contribution >= 4 is 0 Å². The van der Waals surface area contributed by atoms with Crippen LogP contribution in [0.4, 0.5) is 0 Å². The standard InChI is InChI=1S/C9H18N2/c10-1-2-11-6-7-3-8-5-9(8)4-7/h7-9,11H,1-6,10H2. The molecule has 2 atom stereocenters. The van der Waals surface area contributed by atoms with Gasteiger partial charge in [0.1, 0.15) is 0 Å². The Labute approximate surface area is 68.5 Å². The van der Waals surface area contributed by atoms with Crippen LogP contribution in [0.1, 0.15) is 19.3 Å². The van der Waals surface area contributed by atoms with Gasteiger partial charge in [0, 0.05) is 13.1 Å². The second-order valence-electron chi connectivity index (χ2n) is 4.09. The molecule has 2 aliphatic carbocycles. The van der Waals surface area contributed by atoms with Crippen LogP contribution in [-0.2, 0) is 0 Å². The molecule has 0 aromatic carbocycles. The zero-order valence-electron chi connectivity index (χ0n) is 7.05. The third kappa shape index (κ3) is 1.74. The van der Waals surface area contributed by atoms with Gasteiger partial charge < -0.3 is 11.1 Å². The lowest BCUT2D eigenvalue weighted by atomic mass is 10.0. The lowest BCUT2D eigenvalue weighted by molar-refractivity contribution is 0.450. The van der Waals surface area contributed by atoms with Gasteiger partial charge in [-0.25, -0.2) is 0 Å². The summed E-state index contributed by atoms with van der Waals surface area (Å²) in [4.78, 5) is 0. The Morgan fingerprint density at radius 3 is 2.55 bits per heavy atom. The summed E-state index contributed by atoms with van der Waals surface area (Å²) in [6.07, 6.45) is 4.51. The molecule has 2 rings (SSSR count). The zero-order chi connectivity index (χ0) is 7.68. The lowest BCUT2D eigenvalue weighted by Gasteiger charge is -2.11. The zero-order valence-corrected chi connectivity index (χ0v) is 7.05. The topological polar surface area (TPSA) is 38.0 Å². The molecule has 0 bridgehead atoms. The third-order valence-electron chi connectivity index (χ3n) is 3.10. The van der Waals surface area contributed by atoms with Gasteiger partial charge in [0.15, 0.2) is 0 Å². The van der Waals surface area contributed by atoms with Crippen LogP contribution in [0, 0.1) is 17.8 Å². The second kappa shape index (κ2) is 3.11. The summed E-state index contributed by atoms with van der Waals surface area (Å²) in [5, 5.41) is 3.39. The Kier molecular flexibility index (Phi) is 2.14. The maximum Gasteiger partial charge on any atom is 0.00746 e. The van der Waals surface area contributed by atoms with E-state index in [1.54, 1.807) is 0 Å². The van der Waals surface area contributed by atoms with E-state index < -0.39 is 0 Å². The molecule has 0 spiro atoms. The van der Waals surface area contributed by atoms with Gasteiger partial charge in [0.05, 0.1) is 0 Å². The van der Waals surface area contributed by atoms with E-state index in [0.717, 1.165) is 30.8 Å². The highest BCUT2D eigenvalue weighted by Gasteiger charge is 2.45. The predicted molar refractivity (Wildman–Crippen MR) is 46.2 cm³/mol. The van der Waals surface area contributed by atoms with E-state index in [2.05, 4.69) is 5.32 Å². The number of nitrogens with one attached hydrogen (secondary N) is 1. The number of hydrogen-bond acceptors (Lipinski definition) is 2. The minimum Gasteiger partial charge on any atom is -0.329 e. The molecule has 64 valence electrons. The summed E-state index contributed by atoms with van der Waals surface area (Å²) in [7, 11) is 0. The average molecular weight is 154 g/mol. The fourth-order valence-electron chi connectivity index (χ4n) is 2.42. The van der Waals surface area contributed by atoms with Gasteiger partial charge in [0.2, 0.25) is 0 Å². The van der Waals surface area contributed by atoms with Crippen molar-refractivity contribution in [1.29, 1.82) is 0 Å². The summed E-state index contributed by atoms with van der Waals surface area (Å²) >= 11 is 0. The normalized spacial score (nSPS) is 40.6. The van der Waals surface area contributed by atoms with E-state index in [0.29, 0.717) is 0 Å². The van der Waals surface area contributed by atoms with Gasteiger partial charge in [-0.15, -0.1) is 0 Å². The second-order valence-corrected chi connectivity index (χ2v) is 4.09. The average Bonchev–Trinajstić information content (AvgIpc) is 2.61. The molecule has 2 aliphatic rings. The maximum atomic E-state index is 5.39. The Hall–Kier alpha value is -0.0800. The van der Waals surface area contributed by atoms with E-state index in [1.807, 2.05) is 0 Å². The first-order chi connectivity index (χ1) is 5.40. The molecule has 0 aromatic heterocycles. The lowest BCUT2D eigenvalue weighted by Crippen LogP contribution is -2.27. The highest BCUT2D eigenvalue weighted by molar-refractivity contribution is 4.96. The van der Waals surface area contributed by atoms with Crippen molar-refractivity contribution in [2.75, 3.05) is 19.6 Å². The van der Waals surface area contributed by atoms with Crippen molar-refractivity contribution in [2.24, 2.45) is 23.5 Å². The van der Waals surface area contributed by atoms with E-state index >= 15 is 0 Å². The van der Waals surface area contributed by atoms with Gasteiger partial charge >= 0.3 is 0 Å². The molecule has 0 radical (unpaired) electrons. The highest BCUT2D eigenvalue weighted by Crippen LogP contribution is 2.54. The molecule has 2 heteroatoms. The molecular formula is C9H18N2. The fraction of sp³-hybridized carbons (Fsp3) is 1.00. The van der Waals surface area contributed by atoms with Crippen molar-refractivity contribution in [3.63, 3.8) is 0 Å². The van der Waals surface area contributed by atoms with Crippen LogP contribution in [0.5, 0.6) is 0 Å².